The number of aromatic nitrogens is 2. The van der Waals surface area contributed by atoms with Crippen molar-refractivity contribution in [3.63, 3.8) is 0 Å². The molecule has 2 aliphatic heterocycles. The molecule has 0 N–H and O–H groups in total. The van der Waals surface area contributed by atoms with Crippen LogP contribution in [0.15, 0.2) is 28.8 Å². The summed E-state index contributed by atoms with van der Waals surface area (Å²) in [5.41, 5.74) is 2.31. The molecular formula is C22H31N3O3. The number of hydrogen-bond donors (Lipinski definition) is 0. The number of benzene rings is 1. The molecule has 2 fully saturated rings. The Morgan fingerprint density at radius 3 is 2.64 bits per heavy atom. The van der Waals surface area contributed by atoms with E-state index in [1.807, 2.05) is 0 Å². The topological polar surface area (TPSA) is 60.6 Å². The van der Waals surface area contributed by atoms with Crippen molar-refractivity contribution in [2.24, 2.45) is 0 Å². The lowest BCUT2D eigenvalue weighted by Crippen LogP contribution is -2.43. The van der Waals surface area contributed by atoms with Crippen molar-refractivity contribution < 1.29 is 14.0 Å². The Morgan fingerprint density at radius 1 is 1.18 bits per heavy atom. The third kappa shape index (κ3) is 4.14. The number of rotatable bonds is 6. The van der Waals surface area contributed by atoms with Gasteiger partial charge in [0.2, 0.25) is 0 Å². The molecule has 0 bridgehead atoms. The minimum atomic E-state index is -0.460. The predicted molar refractivity (Wildman–Crippen MR) is 106 cm³/mol. The van der Waals surface area contributed by atoms with Crippen LogP contribution in [0.25, 0.3) is 0 Å². The fraction of sp³-hybridized carbons (Fsp3) is 0.636. The van der Waals surface area contributed by atoms with Gasteiger partial charge in [-0.25, -0.2) is 0 Å². The molecule has 0 aliphatic carbocycles. The number of piperidine rings is 1. The largest absolute Gasteiger partial charge is 0.381 e. The van der Waals surface area contributed by atoms with Crippen LogP contribution in [0, 0.1) is 0 Å². The van der Waals surface area contributed by atoms with Gasteiger partial charge in [-0.05, 0) is 43.2 Å². The molecule has 0 amide bonds. The van der Waals surface area contributed by atoms with Crippen molar-refractivity contribution in [2.75, 3.05) is 33.4 Å². The summed E-state index contributed by atoms with van der Waals surface area (Å²) in [4.78, 5) is 7.24. The molecule has 0 spiro atoms. The lowest BCUT2D eigenvalue weighted by molar-refractivity contribution is -0.0838. The van der Waals surface area contributed by atoms with Crippen molar-refractivity contribution in [2.45, 2.75) is 57.1 Å². The third-order valence-corrected chi connectivity index (χ3v) is 6.28. The maximum atomic E-state index is 5.95. The molecule has 2 saturated heterocycles. The average molecular weight is 386 g/mol. The first-order valence-corrected chi connectivity index (χ1v) is 10.5. The molecular weight excluding hydrogens is 354 g/mol. The van der Waals surface area contributed by atoms with E-state index >= 15 is 0 Å². The highest BCUT2D eigenvalue weighted by atomic mass is 16.5. The lowest BCUT2D eigenvalue weighted by Gasteiger charge is -2.38. The first kappa shape index (κ1) is 19.6. The number of likely N-dealkylation sites (tertiary alicyclic amines) is 1. The second kappa shape index (κ2) is 8.72. The molecule has 0 atom stereocenters. The van der Waals surface area contributed by atoms with Crippen molar-refractivity contribution >= 4 is 0 Å². The van der Waals surface area contributed by atoms with Gasteiger partial charge in [0.15, 0.2) is 5.82 Å². The molecule has 6 heteroatoms. The highest BCUT2D eigenvalue weighted by Crippen LogP contribution is 2.37. The van der Waals surface area contributed by atoms with Gasteiger partial charge in [0.1, 0.15) is 5.60 Å². The monoisotopic (exact) mass is 385 g/mol. The fourth-order valence-electron chi connectivity index (χ4n) is 4.33. The zero-order valence-electron chi connectivity index (χ0n) is 17.0. The summed E-state index contributed by atoms with van der Waals surface area (Å²) < 4.78 is 17.1. The van der Waals surface area contributed by atoms with Crippen LogP contribution in [0.4, 0.5) is 0 Å². The second-order valence-electron chi connectivity index (χ2n) is 7.99. The number of aryl methyl sites for hydroxylation is 1. The van der Waals surface area contributed by atoms with Crippen LogP contribution in [0.5, 0.6) is 0 Å². The molecule has 152 valence electrons. The molecule has 2 aliphatic rings. The number of nitrogens with zero attached hydrogens (tertiary/aromatic N) is 3. The van der Waals surface area contributed by atoms with E-state index in [2.05, 4.69) is 41.2 Å². The van der Waals surface area contributed by atoms with Gasteiger partial charge >= 0.3 is 0 Å². The van der Waals surface area contributed by atoms with Gasteiger partial charge < -0.3 is 14.0 Å². The van der Waals surface area contributed by atoms with Gasteiger partial charge in [-0.2, -0.15) is 4.98 Å². The Kier molecular flexibility index (Phi) is 6.09. The van der Waals surface area contributed by atoms with E-state index < -0.39 is 5.60 Å². The van der Waals surface area contributed by atoms with Crippen molar-refractivity contribution in [3.05, 3.63) is 47.1 Å². The van der Waals surface area contributed by atoms with Crippen LogP contribution in [0.1, 0.15) is 61.4 Å². The first-order valence-electron chi connectivity index (χ1n) is 10.5. The molecule has 0 radical (unpaired) electrons. The van der Waals surface area contributed by atoms with Crippen LogP contribution in [-0.2, 0) is 28.0 Å². The van der Waals surface area contributed by atoms with Gasteiger partial charge in [0.05, 0.1) is 0 Å². The molecule has 6 nitrogen and oxygen atoms in total. The summed E-state index contributed by atoms with van der Waals surface area (Å²) in [5.74, 6) is 1.80. The standard InChI is InChI=1S/C22H31N3O3/c1-3-17-5-4-6-18(15-17)16-25-11-9-22(26-2,10-12-25)21-23-20(24-28-21)19-7-13-27-14-8-19/h4-6,15,19H,3,7-14,16H2,1-2H3. The highest BCUT2D eigenvalue weighted by Gasteiger charge is 2.42. The van der Waals surface area contributed by atoms with Crippen LogP contribution < -0.4 is 0 Å². The van der Waals surface area contributed by atoms with E-state index in [1.165, 1.54) is 11.1 Å². The van der Waals surface area contributed by atoms with Crippen LogP contribution in [-0.4, -0.2) is 48.5 Å². The number of hydrogen-bond acceptors (Lipinski definition) is 6. The molecule has 0 saturated carbocycles. The van der Waals surface area contributed by atoms with Crippen LogP contribution in [0.2, 0.25) is 0 Å². The Bertz CT molecular complexity index is 762. The summed E-state index contributed by atoms with van der Waals surface area (Å²) in [7, 11) is 1.76. The van der Waals surface area contributed by atoms with Crippen molar-refractivity contribution in [1.29, 1.82) is 0 Å². The van der Waals surface area contributed by atoms with Gasteiger partial charge in [-0.3, -0.25) is 4.90 Å². The van der Waals surface area contributed by atoms with Gasteiger partial charge in [-0.15, -0.1) is 0 Å². The van der Waals surface area contributed by atoms with E-state index in [0.29, 0.717) is 11.8 Å². The predicted octanol–water partition coefficient (Wildman–Crippen LogP) is 3.66. The first-order chi connectivity index (χ1) is 13.7. The number of ether oxygens (including phenoxy) is 2. The number of methoxy groups -OCH3 is 1. The SMILES string of the molecule is CCc1cccc(CN2CCC(OC)(c3nc(C4CCOCC4)no3)CC2)c1. The Hall–Kier alpha value is -1.76. The Morgan fingerprint density at radius 2 is 1.93 bits per heavy atom. The zero-order valence-corrected chi connectivity index (χ0v) is 17.0. The summed E-state index contributed by atoms with van der Waals surface area (Å²) in [6.07, 6.45) is 4.74. The highest BCUT2D eigenvalue weighted by molar-refractivity contribution is 5.23. The fourth-order valence-corrected chi connectivity index (χ4v) is 4.33. The quantitative estimate of drug-likeness (QED) is 0.756. The maximum absolute atomic E-state index is 5.95. The molecule has 0 unspecified atom stereocenters. The molecule has 4 rings (SSSR count). The molecule has 1 aromatic heterocycles. The molecule has 3 heterocycles. The molecule has 28 heavy (non-hydrogen) atoms. The van der Waals surface area contributed by atoms with Crippen molar-refractivity contribution in [1.82, 2.24) is 15.0 Å². The average Bonchev–Trinajstić information content (AvgIpc) is 3.26. The summed E-state index contributed by atoms with van der Waals surface area (Å²) in [6, 6.07) is 8.89. The van der Waals surface area contributed by atoms with E-state index in [4.69, 9.17) is 19.0 Å². The van der Waals surface area contributed by atoms with Gasteiger partial charge in [-0.1, -0.05) is 36.3 Å². The van der Waals surface area contributed by atoms with Gasteiger partial charge in [0.25, 0.3) is 5.89 Å². The lowest BCUT2D eigenvalue weighted by atomic mass is 9.90. The maximum Gasteiger partial charge on any atom is 0.258 e. The smallest absolute Gasteiger partial charge is 0.258 e. The Balaban J connectivity index is 1.40. The molecule has 1 aromatic carbocycles. The normalized spacial score (nSPS) is 21.1. The minimum absolute atomic E-state index is 0.339. The third-order valence-electron chi connectivity index (χ3n) is 6.28. The molecule has 2 aromatic rings. The van der Waals surface area contributed by atoms with Crippen molar-refractivity contribution in [3.8, 4) is 0 Å². The van der Waals surface area contributed by atoms with E-state index in [-0.39, 0.29) is 0 Å². The van der Waals surface area contributed by atoms with E-state index in [1.54, 1.807) is 7.11 Å². The van der Waals surface area contributed by atoms with Crippen LogP contribution in [0.3, 0.4) is 0 Å². The zero-order chi connectivity index (χ0) is 19.4. The summed E-state index contributed by atoms with van der Waals surface area (Å²) in [5, 5.41) is 4.28. The summed E-state index contributed by atoms with van der Waals surface area (Å²) in [6.45, 7) is 6.64. The van der Waals surface area contributed by atoms with E-state index in [9.17, 15) is 0 Å². The Labute approximate surface area is 167 Å². The van der Waals surface area contributed by atoms with E-state index in [0.717, 1.165) is 70.8 Å². The second-order valence-corrected chi connectivity index (χ2v) is 7.99. The van der Waals surface area contributed by atoms with Crippen LogP contribution >= 0.6 is 0 Å². The summed E-state index contributed by atoms with van der Waals surface area (Å²) >= 11 is 0. The van der Waals surface area contributed by atoms with Gasteiger partial charge in [0, 0.05) is 45.9 Å². The minimum Gasteiger partial charge on any atom is -0.381 e.